The Morgan fingerprint density at radius 1 is 1.11 bits per heavy atom. The Labute approximate surface area is 105 Å². The SMILES string of the molecule is Nn1cnnc(C2C3CC4CC(C3)CC2C4)c1=O. The van der Waals surface area contributed by atoms with E-state index in [1.54, 1.807) is 0 Å². The van der Waals surface area contributed by atoms with Gasteiger partial charge in [-0.05, 0) is 55.8 Å². The Morgan fingerprint density at radius 2 is 1.72 bits per heavy atom. The fraction of sp³-hybridized carbons (Fsp3) is 0.769. The van der Waals surface area contributed by atoms with E-state index in [-0.39, 0.29) is 5.56 Å². The lowest BCUT2D eigenvalue weighted by molar-refractivity contribution is -0.00508. The van der Waals surface area contributed by atoms with Gasteiger partial charge in [-0.25, -0.2) is 4.68 Å². The van der Waals surface area contributed by atoms with Gasteiger partial charge >= 0.3 is 0 Å². The van der Waals surface area contributed by atoms with Crippen molar-refractivity contribution in [1.82, 2.24) is 14.9 Å². The minimum Gasteiger partial charge on any atom is -0.335 e. The summed E-state index contributed by atoms with van der Waals surface area (Å²) >= 11 is 0. The maximum Gasteiger partial charge on any atom is 0.293 e. The van der Waals surface area contributed by atoms with Crippen molar-refractivity contribution >= 4 is 0 Å². The van der Waals surface area contributed by atoms with Crippen molar-refractivity contribution in [2.45, 2.75) is 38.0 Å². The van der Waals surface area contributed by atoms with Crippen LogP contribution in [0.5, 0.6) is 0 Å². The van der Waals surface area contributed by atoms with E-state index in [2.05, 4.69) is 10.2 Å². The summed E-state index contributed by atoms with van der Waals surface area (Å²) in [6.45, 7) is 0. The molecule has 2 N–H and O–H groups in total. The van der Waals surface area contributed by atoms with Gasteiger partial charge in [0.05, 0.1) is 0 Å². The topological polar surface area (TPSA) is 73.8 Å². The average molecular weight is 246 g/mol. The zero-order valence-corrected chi connectivity index (χ0v) is 10.3. The molecule has 5 heteroatoms. The van der Waals surface area contributed by atoms with Crippen molar-refractivity contribution in [2.24, 2.45) is 23.7 Å². The Balaban J connectivity index is 1.77. The average Bonchev–Trinajstić information content (AvgIpc) is 2.33. The van der Waals surface area contributed by atoms with Crippen LogP contribution in [0.4, 0.5) is 0 Å². The fourth-order valence-corrected chi connectivity index (χ4v) is 4.95. The quantitative estimate of drug-likeness (QED) is 0.747. The predicted octanol–water partition coefficient (Wildman–Crippen LogP) is 0.892. The highest BCUT2D eigenvalue weighted by Gasteiger charge is 2.50. The maximum absolute atomic E-state index is 12.1. The van der Waals surface area contributed by atoms with Crippen molar-refractivity contribution in [1.29, 1.82) is 0 Å². The van der Waals surface area contributed by atoms with Crippen LogP contribution in [0.2, 0.25) is 0 Å². The molecular weight excluding hydrogens is 228 g/mol. The van der Waals surface area contributed by atoms with Crippen molar-refractivity contribution in [3.05, 3.63) is 22.4 Å². The van der Waals surface area contributed by atoms with Crippen molar-refractivity contribution in [3.63, 3.8) is 0 Å². The molecule has 18 heavy (non-hydrogen) atoms. The van der Waals surface area contributed by atoms with Gasteiger partial charge < -0.3 is 5.84 Å². The van der Waals surface area contributed by atoms with E-state index in [1.807, 2.05) is 0 Å². The fourth-order valence-electron chi connectivity index (χ4n) is 4.95. The number of nitrogens with zero attached hydrogens (tertiary/aromatic N) is 3. The van der Waals surface area contributed by atoms with Gasteiger partial charge in [0.15, 0.2) is 0 Å². The van der Waals surface area contributed by atoms with Gasteiger partial charge in [-0.2, -0.15) is 0 Å². The highest BCUT2D eigenvalue weighted by atomic mass is 16.1. The minimum atomic E-state index is -0.150. The summed E-state index contributed by atoms with van der Waals surface area (Å²) in [7, 11) is 0. The van der Waals surface area contributed by atoms with Gasteiger partial charge in [-0.1, -0.05) is 0 Å². The predicted molar refractivity (Wildman–Crippen MR) is 66.2 cm³/mol. The molecule has 4 saturated carbocycles. The summed E-state index contributed by atoms with van der Waals surface area (Å²) < 4.78 is 1.08. The zero-order valence-electron chi connectivity index (χ0n) is 10.3. The van der Waals surface area contributed by atoms with Crippen LogP contribution in [0.15, 0.2) is 11.1 Å². The minimum absolute atomic E-state index is 0.150. The van der Waals surface area contributed by atoms with E-state index in [4.69, 9.17) is 5.84 Å². The second-order valence-electron chi connectivity index (χ2n) is 6.39. The lowest BCUT2D eigenvalue weighted by Gasteiger charge is -2.53. The Kier molecular flexibility index (Phi) is 2.08. The highest BCUT2D eigenvalue weighted by Crippen LogP contribution is 2.58. The van der Waals surface area contributed by atoms with E-state index in [9.17, 15) is 4.79 Å². The normalized spacial score (nSPS) is 41.2. The van der Waals surface area contributed by atoms with Crippen LogP contribution in [0, 0.1) is 23.7 Å². The van der Waals surface area contributed by atoms with Crippen LogP contribution in [0.25, 0.3) is 0 Å². The third-order valence-electron chi connectivity index (χ3n) is 5.34. The monoisotopic (exact) mass is 246 g/mol. The molecule has 4 aliphatic rings. The Morgan fingerprint density at radius 3 is 2.33 bits per heavy atom. The molecule has 0 amide bonds. The second kappa shape index (κ2) is 3.56. The first-order valence-corrected chi connectivity index (χ1v) is 6.91. The molecular formula is C13H18N4O. The second-order valence-corrected chi connectivity index (χ2v) is 6.39. The first-order valence-electron chi connectivity index (χ1n) is 6.91. The van der Waals surface area contributed by atoms with Crippen LogP contribution in [-0.4, -0.2) is 14.9 Å². The molecule has 4 aliphatic carbocycles. The van der Waals surface area contributed by atoms with Crippen LogP contribution in [-0.2, 0) is 0 Å². The molecule has 0 unspecified atom stereocenters. The summed E-state index contributed by atoms with van der Waals surface area (Å²) in [6, 6.07) is 0. The lowest BCUT2D eigenvalue weighted by atomic mass is 9.51. The smallest absolute Gasteiger partial charge is 0.293 e. The van der Waals surface area contributed by atoms with Crippen molar-refractivity contribution < 1.29 is 0 Å². The van der Waals surface area contributed by atoms with E-state index in [0.717, 1.165) is 16.5 Å². The van der Waals surface area contributed by atoms with Crippen LogP contribution in [0.3, 0.4) is 0 Å². The van der Waals surface area contributed by atoms with E-state index >= 15 is 0 Å². The molecule has 4 fully saturated rings. The lowest BCUT2D eigenvalue weighted by Crippen LogP contribution is -2.46. The van der Waals surface area contributed by atoms with Gasteiger partial charge in [-0.3, -0.25) is 4.79 Å². The van der Waals surface area contributed by atoms with E-state index in [0.29, 0.717) is 23.4 Å². The summed E-state index contributed by atoms with van der Waals surface area (Å²) in [6.07, 6.45) is 7.82. The van der Waals surface area contributed by atoms with Gasteiger partial charge in [0.25, 0.3) is 5.56 Å². The molecule has 1 aromatic rings. The molecule has 0 aromatic carbocycles. The van der Waals surface area contributed by atoms with E-state index in [1.165, 1.54) is 38.4 Å². The van der Waals surface area contributed by atoms with E-state index < -0.39 is 0 Å². The van der Waals surface area contributed by atoms with Gasteiger partial charge in [0.1, 0.15) is 12.0 Å². The number of nitrogen functional groups attached to an aromatic ring is 1. The zero-order chi connectivity index (χ0) is 12.3. The Bertz CT molecular complexity index is 510. The molecule has 4 bridgehead atoms. The largest absolute Gasteiger partial charge is 0.335 e. The van der Waals surface area contributed by atoms with Gasteiger partial charge in [0.2, 0.25) is 0 Å². The molecule has 5 rings (SSSR count). The molecule has 1 aromatic heterocycles. The summed E-state index contributed by atoms with van der Waals surface area (Å²) in [5, 5.41) is 7.99. The highest BCUT2D eigenvalue weighted by molar-refractivity contribution is 5.13. The van der Waals surface area contributed by atoms with Crippen molar-refractivity contribution in [2.75, 3.05) is 5.84 Å². The first kappa shape index (κ1) is 10.5. The standard InChI is InChI=1S/C13H18N4O/c14-17-6-15-16-12(13(17)18)11-9-2-7-1-8(4-9)5-10(11)3-7/h6-11H,1-5,14H2. The maximum atomic E-state index is 12.1. The number of hydrogen-bond donors (Lipinski definition) is 1. The Hall–Kier alpha value is -1.39. The number of hydrogen-bond acceptors (Lipinski definition) is 4. The first-order chi connectivity index (χ1) is 8.72. The summed E-state index contributed by atoms with van der Waals surface area (Å²) in [5.74, 6) is 9.02. The number of rotatable bonds is 1. The molecule has 0 atom stereocenters. The summed E-state index contributed by atoms with van der Waals surface area (Å²) in [5.41, 5.74) is 0.469. The van der Waals surface area contributed by atoms with Gasteiger partial charge in [-0.15, -0.1) is 10.2 Å². The molecule has 1 heterocycles. The van der Waals surface area contributed by atoms with Gasteiger partial charge in [0, 0.05) is 5.92 Å². The molecule has 96 valence electrons. The van der Waals surface area contributed by atoms with Crippen LogP contribution < -0.4 is 11.4 Å². The van der Waals surface area contributed by atoms with Crippen molar-refractivity contribution in [3.8, 4) is 0 Å². The number of aromatic nitrogens is 3. The molecule has 0 aliphatic heterocycles. The third kappa shape index (κ3) is 1.36. The van der Waals surface area contributed by atoms with Crippen LogP contribution >= 0.6 is 0 Å². The molecule has 0 radical (unpaired) electrons. The molecule has 0 spiro atoms. The molecule has 5 nitrogen and oxygen atoms in total. The summed E-state index contributed by atoms with van der Waals surface area (Å²) in [4.78, 5) is 12.1. The van der Waals surface area contributed by atoms with Crippen LogP contribution in [0.1, 0.15) is 43.7 Å². The number of nitrogens with two attached hydrogens (primary N) is 1. The molecule has 0 saturated heterocycles. The third-order valence-corrected chi connectivity index (χ3v) is 5.34.